The van der Waals surface area contributed by atoms with Crippen LogP contribution in [0.2, 0.25) is 5.02 Å². The zero-order valence-electron chi connectivity index (χ0n) is 19.2. The summed E-state index contributed by atoms with van der Waals surface area (Å²) in [6.45, 7) is 1.86. The zero-order valence-corrected chi connectivity index (χ0v) is 20.8. The maximum absolute atomic E-state index is 13.2. The normalized spacial score (nSPS) is 14.9. The van der Waals surface area contributed by atoms with E-state index >= 15 is 0 Å². The molecule has 34 heavy (non-hydrogen) atoms. The molecule has 0 spiro atoms. The van der Waals surface area contributed by atoms with Crippen molar-refractivity contribution in [2.45, 2.75) is 37.0 Å². The second kappa shape index (κ2) is 12.3. The third-order valence-electron chi connectivity index (χ3n) is 5.62. The van der Waals surface area contributed by atoms with Crippen molar-refractivity contribution in [3.8, 4) is 0 Å². The van der Waals surface area contributed by atoms with Gasteiger partial charge in [0.25, 0.3) is 11.8 Å². The number of para-hydroxylation sites is 1. The van der Waals surface area contributed by atoms with Crippen molar-refractivity contribution >= 4 is 39.1 Å². The Kier molecular flexibility index (Phi) is 9.46. The van der Waals surface area contributed by atoms with Gasteiger partial charge in [-0.3, -0.25) is 9.59 Å². The van der Waals surface area contributed by atoms with Crippen LogP contribution >= 0.6 is 11.6 Å². The maximum Gasteiger partial charge on any atom is 0.257 e. The smallest absolute Gasteiger partial charge is 0.257 e. The predicted octanol–water partition coefficient (Wildman–Crippen LogP) is 3.92. The third kappa shape index (κ3) is 6.56. The number of benzene rings is 2. The Bertz CT molecular complexity index is 1120. The number of halogens is 1. The van der Waals surface area contributed by atoms with Gasteiger partial charge in [-0.25, -0.2) is 8.42 Å². The summed E-state index contributed by atoms with van der Waals surface area (Å²) in [5.41, 5.74) is 0.610. The number of hydrogen-bond donors (Lipinski definition) is 2. The number of hydrogen-bond acceptors (Lipinski definition) is 5. The predicted molar refractivity (Wildman–Crippen MR) is 132 cm³/mol. The van der Waals surface area contributed by atoms with Gasteiger partial charge in [0.1, 0.15) is 0 Å². The van der Waals surface area contributed by atoms with Crippen molar-refractivity contribution in [3.05, 3.63) is 58.6 Å². The maximum atomic E-state index is 13.2. The van der Waals surface area contributed by atoms with Crippen molar-refractivity contribution in [1.29, 1.82) is 0 Å². The van der Waals surface area contributed by atoms with Gasteiger partial charge in [0.2, 0.25) is 10.0 Å². The number of rotatable bonds is 9. The van der Waals surface area contributed by atoms with Gasteiger partial charge in [0, 0.05) is 33.4 Å². The Morgan fingerprint density at radius 1 is 1.00 bits per heavy atom. The van der Waals surface area contributed by atoms with Crippen LogP contribution in [0.25, 0.3) is 0 Å². The number of nitrogens with zero attached hydrogens (tertiary/aromatic N) is 1. The van der Waals surface area contributed by atoms with Crippen molar-refractivity contribution in [2.75, 3.05) is 38.7 Å². The van der Waals surface area contributed by atoms with Crippen LogP contribution in [0.3, 0.4) is 0 Å². The molecule has 2 N–H and O–H groups in total. The van der Waals surface area contributed by atoms with Gasteiger partial charge in [0.05, 0.1) is 26.7 Å². The Morgan fingerprint density at radius 3 is 2.41 bits per heavy atom. The number of amides is 2. The summed E-state index contributed by atoms with van der Waals surface area (Å²) in [6, 6.07) is 10.7. The summed E-state index contributed by atoms with van der Waals surface area (Å²) in [4.78, 5) is 25.7. The van der Waals surface area contributed by atoms with E-state index in [0.717, 1.165) is 25.7 Å². The molecule has 1 saturated heterocycles. The summed E-state index contributed by atoms with van der Waals surface area (Å²) in [5, 5.41) is 5.61. The van der Waals surface area contributed by atoms with Gasteiger partial charge >= 0.3 is 0 Å². The monoisotopic (exact) mass is 507 g/mol. The fourth-order valence-corrected chi connectivity index (χ4v) is 5.51. The van der Waals surface area contributed by atoms with E-state index in [4.69, 9.17) is 16.3 Å². The SMILES string of the molecule is COCCCNC(=O)c1ccccc1NC(=O)c1cc(S(=O)(=O)N2CCCCCC2)ccc1Cl. The highest BCUT2D eigenvalue weighted by Crippen LogP contribution is 2.26. The van der Waals surface area contributed by atoms with Crippen LogP contribution in [0.5, 0.6) is 0 Å². The minimum absolute atomic E-state index is 0.0212. The second-order valence-corrected chi connectivity index (χ2v) is 10.4. The quantitative estimate of drug-likeness (QED) is 0.500. The van der Waals surface area contributed by atoms with Crippen molar-refractivity contribution in [2.24, 2.45) is 0 Å². The number of anilines is 1. The molecule has 1 fully saturated rings. The van der Waals surface area contributed by atoms with E-state index < -0.39 is 15.9 Å². The first-order chi connectivity index (χ1) is 16.3. The van der Waals surface area contributed by atoms with E-state index in [1.54, 1.807) is 31.4 Å². The first-order valence-electron chi connectivity index (χ1n) is 11.3. The van der Waals surface area contributed by atoms with E-state index in [1.807, 2.05) is 0 Å². The molecule has 0 saturated carbocycles. The lowest BCUT2D eigenvalue weighted by molar-refractivity contribution is 0.0949. The molecule has 1 aliphatic rings. The van der Waals surface area contributed by atoms with Crippen LogP contribution in [0.15, 0.2) is 47.4 Å². The molecule has 0 aromatic heterocycles. The standard InChI is InChI=1S/C24H30ClN3O5S/c1-33-16-8-13-26-23(29)19-9-4-5-10-22(19)27-24(30)20-17-18(11-12-21(20)25)34(31,32)28-14-6-2-3-7-15-28/h4-5,9-12,17H,2-3,6-8,13-16H2,1H3,(H,26,29)(H,27,30). The highest BCUT2D eigenvalue weighted by atomic mass is 35.5. The summed E-state index contributed by atoms with van der Waals surface area (Å²) in [5.74, 6) is -0.937. The van der Waals surface area contributed by atoms with Gasteiger partial charge in [-0.2, -0.15) is 4.31 Å². The molecule has 0 bridgehead atoms. The van der Waals surface area contributed by atoms with E-state index in [9.17, 15) is 18.0 Å². The van der Waals surface area contributed by atoms with Crippen LogP contribution in [0.1, 0.15) is 52.8 Å². The van der Waals surface area contributed by atoms with Gasteiger partial charge in [0.15, 0.2) is 0 Å². The van der Waals surface area contributed by atoms with E-state index in [-0.39, 0.29) is 27.0 Å². The van der Waals surface area contributed by atoms with Crippen LogP contribution in [-0.2, 0) is 14.8 Å². The van der Waals surface area contributed by atoms with E-state index in [2.05, 4.69) is 10.6 Å². The first kappa shape index (κ1) is 26.2. The van der Waals surface area contributed by atoms with E-state index in [1.165, 1.54) is 22.5 Å². The van der Waals surface area contributed by atoms with Crippen molar-refractivity contribution in [3.63, 3.8) is 0 Å². The minimum Gasteiger partial charge on any atom is -0.385 e. The number of carbonyl (C=O) groups is 2. The molecule has 8 nitrogen and oxygen atoms in total. The molecule has 0 aliphatic carbocycles. The van der Waals surface area contributed by atoms with Crippen molar-refractivity contribution in [1.82, 2.24) is 9.62 Å². The molecule has 2 amide bonds. The molecule has 0 atom stereocenters. The van der Waals surface area contributed by atoms with Crippen LogP contribution in [-0.4, -0.2) is 57.9 Å². The summed E-state index contributed by atoms with van der Waals surface area (Å²) in [7, 11) is -2.16. The topological polar surface area (TPSA) is 105 Å². The average Bonchev–Trinajstić information content (AvgIpc) is 3.12. The number of sulfonamides is 1. The Balaban J connectivity index is 1.80. The molecular formula is C24H30ClN3O5S. The fourth-order valence-electron chi connectivity index (χ4n) is 3.76. The van der Waals surface area contributed by atoms with Crippen LogP contribution in [0, 0.1) is 0 Å². The lowest BCUT2D eigenvalue weighted by atomic mass is 10.1. The van der Waals surface area contributed by atoms with Gasteiger partial charge in [-0.05, 0) is 49.6 Å². The molecule has 2 aromatic carbocycles. The lowest BCUT2D eigenvalue weighted by Crippen LogP contribution is -2.32. The molecule has 3 rings (SSSR count). The largest absolute Gasteiger partial charge is 0.385 e. The van der Waals surface area contributed by atoms with Gasteiger partial charge in [-0.15, -0.1) is 0 Å². The van der Waals surface area contributed by atoms with Crippen LogP contribution in [0.4, 0.5) is 5.69 Å². The molecular weight excluding hydrogens is 478 g/mol. The number of carbonyl (C=O) groups excluding carboxylic acids is 2. The Labute approximate surface area is 205 Å². The summed E-state index contributed by atoms with van der Waals surface area (Å²) < 4.78 is 32.8. The van der Waals surface area contributed by atoms with E-state index in [0.29, 0.717) is 38.3 Å². The number of ether oxygens (including phenoxy) is 1. The highest BCUT2D eigenvalue weighted by molar-refractivity contribution is 7.89. The van der Waals surface area contributed by atoms with Crippen LogP contribution < -0.4 is 10.6 Å². The lowest BCUT2D eigenvalue weighted by Gasteiger charge is -2.20. The Hall–Kier alpha value is -2.46. The average molecular weight is 508 g/mol. The molecule has 184 valence electrons. The molecule has 0 unspecified atom stereocenters. The third-order valence-corrected chi connectivity index (χ3v) is 7.84. The molecule has 10 heteroatoms. The number of methoxy groups -OCH3 is 1. The molecule has 0 radical (unpaired) electrons. The minimum atomic E-state index is -3.75. The van der Waals surface area contributed by atoms with Gasteiger partial charge in [-0.1, -0.05) is 36.6 Å². The summed E-state index contributed by atoms with van der Waals surface area (Å²) >= 11 is 6.26. The fraction of sp³-hybridized carbons (Fsp3) is 0.417. The highest BCUT2D eigenvalue weighted by Gasteiger charge is 2.27. The molecule has 1 heterocycles. The molecule has 2 aromatic rings. The zero-order chi connectivity index (χ0) is 24.6. The second-order valence-electron chi connectivity index (χ2n) is 8.06. The Morgan fingerprint density at radius 2 is 1.71 bits per heavy atom. The summed E-state index contributed by atoms with van der Waals surface area (Å²) in [6.07, 6.45) is 4.28. The van der Waals surface area contributed by atoms with Crippen molar-refractivity contribution < 1.29 is 22.7 Å². The number of nitrogens with one attached hydrogen (secondary N) is 2. The first-order valence-corrected chi connectivity index (χ1v) is 13.1. The molecule has 1 aliphatic heterocycles. The van der Waals surface area contributed by atoms with Gasteiger partial charge < -0.3 is 15.4 Å².